The molecule has 1 aliphatic heterocycles. The van der Waals surface area contributed by atoms with Gasteiger partial charge in [-0.1, -0.05) is 33.6 Å². The van der Waals surface area contributed by atoms with E-state index in [1.807, 2.05) is 30.3 Å². The van der Waals surface area contributed by atoms with Crippen molar-refractivity contribution in [1.29, 1.82) is 0 Å². The van der Waals surface area contributed by atoms with Crippen LogP contribution >= 0.6 is 38.9 Å². The number of carbonyl (C=O) groups excluding carboxylic acids is 1. The van der Waals surface area contributed by atoms with Crippen LogP contribution in [0.2, 0.25) is 4.34 Å². The summed E-state index contributed by atoms with van der Waals surface area (Å²) in [6.45, 7) is 0.507. The van der Waals surface area contributed by atoms with E-state index in [9.17, 15) is 4.79 Å². The van der Waals surface area contributed by atoms with Gasteiger partial charge in [-0.15, -0.1) is 11.3 Å². The molecular formula is C13H10BrClN2OS. The molecule has 1 amide bonds. The number of nitrogens with zero attached hydrogens (tertiary/aromatic N) is 1. The number of hydrogen-bond donors (Lipinski definition) is 1. The highest BCUT2D eigenvalue weighted by Gasteiger charge is 2.36. The van der Waals surface area contributed by atoms with Gasteiger partial charge in [-0.2, -0.15) is 0 Å². The summed E-state index contributed by atoms with van der Waals surface area (Å²) < 4.78 is 1.60. The molecule has 1 atom stereocenters. The highest BCUT2D eigenvalue weighted by molar-refractivity contribution is 9.10. The van der Waals surface area contributed by atoms with Gasteiger partial charge in [-0.25, -0.2) is 0 Å². The summed E-state index contributed by atoms with van der Waals surface area (Å²) >= 11 is 10.8. The average molecular weight is 358 g/mol. The lowest BCUT2D eigenvalue weighted by Crippen LogP contribution is -2.30. The van der Waals surface area contributed by atoms with Gasteiger partial charge in [0.05, 0.1) is 16.6 Å². The molecule has 1 aromatic carbocycles. The van der Waals surface area contributed by atoms with Crippen LogP contribution in [0, 0.1) is 0 Å². The van der Waals surface area contributed by atoms with Crippen molar-refractivity contribution in [1.82, 2.24) is 0 Å². The first-order chi connectivity index (χ1) is 9.08. The summed E-state index contributed by atoms with van der Waals surface area (Å²) in [6, 6.07) is 8.90. The van der Waals surface area contributed by atoms with Gasteiger partial charge in [0.15, 0.2) is 0 Å². The molecule has 1 aliphatic rings. The number of hydrogen-bond acceptors (Lipinski definition) is 3. The molecule has 0 bridgehead atoms. The Labute approximate surface area is 128 Å². The van der Waals surface area contributed by atoms with E-state index in [0.717, 1.165) is 24.9 Å². The maximum absolute atomic E-state index is 12.3. The zero-order valence-electron chi connectivity index (χ0n) is 9.77. The summed E-state index contributed by atoms with van der Waals surface area (Å²) in [5, 5.41) is 0. The fourth-order valence-corrected chi connectivity index (χ4v) is 3.91. The zero-order chi connectivity index (χ0) is 13.6. The third-order valence-electron chi connectivity index (χ3n) is 3.11. The van der Waals surface area contributed by atoms with Gasteiger partial charge in [0.2, 0.25) is 5.91 Å². The molecule has 1 unspecified atom stereocenters. The van der Waals surface area contributed by atoms with Crippen LogP contribution in [0.25, 0.3) is 0 Å². The Kier molecular flexibility index (Phi) is 3.39. The second kappa shape index (κ2) is 4.90. The molecule has 0 fully saturated rings. The van der Waals surface area contributed by atoms with Crippen molar-refractivity contribution in [3.63, 3.8) is 0 Å². The third-order valence-corrected chi connectivity index (χ3v) is 5.01. The predicted molar refractivity (Wildman–Crippen MR) is 81.6 cm³/mol. The van der Waals surface area contributed by atoms with Gasteiger partial charge in [0.25, 0.3) is 0 Å². The van der Waals surface area contributed by atoms with E-state index >= 15 is 0 Å². The molecule has 6 heteroatoms. The van der Waals surface area contributed by atoms with Gasteiger partial charge < -0.3 is 10.6 Å². The van der Waals surface area contributed by atoms with Crippen molar-refractivity contribution in [3.8, 4) is 0 Å². The molecule has 0 saturated carbocycles. The smallest absolute Gasteiger partial charge is 0.248 e. The lowest BCUT2D eigenvalue weighted by atomic mass is 10.1. The minimum Gasteiger partial charge on any atom is -0.316 e. The van der Waals surface area contributed by atoms with E-state index in [2.05, 4.69) is 15.9 Å². The summed E-state index contributed by atoms with van der Waals surface area (Å²) in [5.74, 6) is -0.0774. The average Bonchev–Trinajstić information content (AvgIpc) is 2.88. The Morgan fingerprint density at radius 3 is 2.84 bits per heavy atom. The molecule has 0 saturated heterocycles. The molecule has 19 heavy (non-hydrogen) atoms. The topological polar surface area (TPSA) is 46.3 Å². The highest BCUT2D eigenvalue weighted by atomic mass is 79.9. The summed E-state index contributed by atoms with van der Waals surface area (Å²) in [4.78, 5) is 15.0. The van der Waals surface area contributed by atoms with E-state index in [4.69, 9.17) is 17.3 Å². The van der Waals surface area contributed by atoms with Crippen molar-refractivity contribution in [2.75, 3.05) is 4.90 Å². The largest absolute Gasteiger partial charge is 0.316 e. The lowest BCUT2D eigenvalue weighted by molar-refractivity contribution is -0.119. The first kappa shape index (κ1) is 13.1. The van der Waals surface area contributed by atoms with Crippen LogP contribution in [0.4, 0.5) is 5.69 Å². The minimum absolute atomic E-state index is 0.0774. The number of anilines is 1. The first-order valence-corrected chi connectivity index (χ1v) is 7.66. The van der Waals surface area contributed by atoms with E-state index in [0.29, 0.717) is 6.54 Å². The van der Waals surface area contributed by atoms with Gasteiger partial charge >= 0.3 is 0 Å². The van der Waals surface area contributed by atoms with Crippen LogP contribution in [0.15, 0.2) is 34.8 Å². The summed E-state index contributed by atoms with van der Waals surface area (Å²) in [6.07, 6.45) is 0. The van der Waals surface area contributed by atoms with Crippen LogP contribution in [0.5, 0.6) is 0 Å². The SMILES string of the molecule is NC1C(=O)N(Cc2ccc(Cl)s2)c2cccc(Br)c21. The number of halogens is 2. The minimum atomic E-state index is -0.596. The van der Waals surface area contributed by atoms with Gasteiger partial charge in [-0.3, -0.25) is 4.79 Å². The van der Waals surface area contributed by atoms with Gasteiger partial charge in [0, 0.05) is 14.9 Å². The molecule has 0 aliphatic carbocycles. The molecule has 3 nitrogen and oxygen atoms in total. The number of rotatable bonds is 2. The molecule has 2 heterocycles. The first-order valence-electron chi connectivity index (χ1n) is 5.67. The highest BCUT2D eigenvalue weighted by Crippen LogP contribution is 2.40. The fourth-order valence-electron chi connectivity index (χ4n) is 2.23. The monoisotopic (exact) mass is 356 g/mol. The van der Waals surface area contributed by atoms with Crippen molar-refractivity contribution >= 4 is 50.5 Å². The Morgan fingerprint density at radius 1 is 1.37 bits per heavy atom. The number of amides is 1. The Bertz CT molecular complexity index is 658. The molecule has 0 radical (unpaired) electrons. The van der Waals surface area contributed by atoms with Crippen LogP contribution in [0.1, 0.15) is 16.5 Å². The maximum Gasteiger partial charge on any atom is 0.248 e. The number of nitrogens with two attached hydrogens (primary N) is 1. The van der Waals surface area contributed by atoms with Crippen molar-refractivity contribution < 1.29 is 4.79 Å². The lowest BCUT2D eigenvalue weighted by Gasteiger charge is -2.16. The molecule has 98 valence electrons. The number of fused-ring (bicyclic) bond motifs is 1. The second-order valence-corrected chi connectivity index (χ2v) is 6.93. The van der Waals surface area contributed by atoms with E-state index in [1.54, 1.807) is 4.90 Å². The molecule has 2 N–H and O–H groups in total. The molecule has 1 aromatic heterocycles. The fraction of sp³-hybridized carbons (Fsp3) is 0.154. The van der Waals surface area contributed by atoms with Crippen molar-refractivity contribution in [3.05, 3.63) is 49.6 Å². The van der Waals surface area contributed by atoms with Gasteiger partial charge in [-0.05, 0) is 24.3 Å². The number of carbonyl (C=O) groups is 1. The van der Waals surface area contributed by atoms with E-state index in [1.165, 1.54) is 11.3 Å². The quantitative estimate of drug-likeness (QED) is 0.890. The summed E-state index contributed by atoms with van der Waals surface area (Å²) in [7, 11) is 0. The van der Waals surface area contributed by atoms with Gasteiger partial charge in [0.1, 0.15) is 6.04 Å². The molecular weight excluding hydrogens is 348 g/mol. The van der Waals surface area contributed by atoms with E-state index < -0.39 is 6.04 Å². The third kappa shape index (κ3) is 2.21. The second-order valence-electron chi connectivity index (χ2n) is 4.28. The van der Waals surface area contributed by atoms with Crippen molar-refractivity contribution in [2.45, 2.75) is 12.6 Å². The Morgan fingerprint density at radius 2 is 2.16 bits per heavy atom. The van der Waals surface area contributed by atoms with Crippen LogP contribution in [-0.4, -0.2) is 5.91 Å². The predicted octanol–water partition coefficient (Wildman–Crippen LogP) is 3.71. The normalized spacial score (nSPS) is 17.9. The maximum atomic E-state index is 12.3. The van der Waals surface area contributed by atoms with E-state index in [-0.39, 0.29) is 5.91 Å². The molecule has 3 rings (SSSR count). The molecule has 0 spiro atoms. The van der Waals surface area contributed by atoms with Crippen LogP contribution < -0.4 is 10.6 Å². The zero-order valence-corrected chi connectivity index (χ0v) is 12.9. The van der Waals surface area contributed by atoms with Crippen LogP contribution in [0.3, 0.4) is 0 Å². The van der Waals surface area contributed by atoms with Crippen molar-refractivity contribution in [2.24, 2.45) is 5.73 Å². The Balaban J connectivity index is 2.00. The molecule has 2 aromatic rings. The number of benzene rings is 1. The number of thiophene rings is 1. The Hall–Kier alpha value is -0.880. The van der Waals surface area contributed by atoms with Crippen LogP contribution in [-0.2, 0) is 11.3 Å². The summed E-state index contributed by atoms with van der Waals surface area (Å²) in [5.41, 5.74) is 7.72. The standard InChI is InChI=1S/C13H10BrClN2OS/c14-8-2-1-3-9-11(8)12(16)13(18)17(9)6-7-4-5-10(15)19-7/h1-5,12H,6,16H2.